The molecule has 2 amide bonds. The van der Waals surface area contributed by atoms with E-state index >= 15 is 0 Å². The summed E-state index contributed by atoms with van der Waals surface area (Å²) in [5, 5.41) is 16.8. The van der Waals surface area contributed by atoms with E-state index in [0.717, 1.165) is 25.9 Å². The van der Waals surface area contributed by atoms with Crippen LogP contribution < -0.4 is 10.6 Å². The summed E-state index contributed by atoms with van der Waals surface area (Å²) >= 11 is 0. The fourth-order valence-corrected chi connectivity index (χ4v) is 4.24. The van der Waals surface area contributed by atoms with Gasteiger partial charge in [-0.2, -0.15) is 0 Å². The van der Waals surface area contributed by atoms with E-state index in [-0.39, 0.29) is 24.2 Å². The predicted octanol–water partition coefficient (Wildman–Crippen LogP) is 0.813. The van der Waals surface area contributed by atoms with E-state index in [4.69, 9.17) is 9.47 Å². The largest absolute Gasteiger partial charge is 0.389 e. The number of fused-ring (bicyclic) bond motifs is 2. The van der Waals surface area contributed by atoms with E-state index in [0.29, 0.717) is 6.61 Å². The van der Waals surface area contributed by atoms with Gasteiger partial charge in [-0.3, -0.25) is 4.90 Å². The summed E-state index contributed by atoms with van der Waals surface area (Å²) in [5.74, 6) is 0. The van der Waals surface area contributed by atoms with Gasteiger partial charge in [0.05, 0.1) is 24.8 Å². The Kier molecular flexibility index (Phi) is 5.97. The standard InChI is InChI=1S/C17H31N3O4/c1-3-20(4-2)14-15(21)13(12-10-23-16(14)24-12)19-17(22)18-11-8-6-5-7-9-11/h11-16,21H,3-10H2,1-2H3,(H2,18,19,22)/t12-,13-,14-,15+,16-/m1/s1. The van der Waals surface area contributed by atoms with Gasteiger partial charge in [0.2, 0.25) is 0 Å². The van der Waals surface area contributed by atoms with Crippen LogP contribution in [0.3, 0.4) is 0 Å². The number of ether oxygens (including phenoxy) is 2. The molecule has 1 saturated carbocycles. The van der Waals surface area contributed by atoms with E-state index in [1.165, 1.54) is 19.3 Å². The lowest BCUT2D eigenvalue weighted by atomic mass is 9.94. The number of aliphatic hydroxyl groups is 1. The molecule has 2 saturated heterocycles. The summed E-state index contributed by atoms with van der Waals surface area (Å²) in [5.41, 5.74) is 0. The number of hydrogen-bond donors (Lipinski definition) is 3. The fourth-order valence-electron chi connectivity index (χ4n) is 4.24. The van der Waals surface area contributed by atoms with Gasteiger partial charge in [0.25, 0.3) is 0 Å². The molecule has 0 spiro atoms. The number of rotatable bonds is 5. The topological polar surface area (TPSA) is 83.1 Å². The molecule has 3 fully saturated rings. The molecule has 5 atom stereocenters. The number of nitrogens with zero attached hydrogens (tertiary/aromatic N) is 1. The zero-order valence-corrected chi connectivity index (χ0v) is 14.7. The Hall–Kier alpha value is -0.890. The first-order valence-electron chi connectivity index (χ1n) is 9.40. The lowest BCUT2D eigenvalue weighted by molar-refractivity contribution is -0.179. The highest BCUT2D eigenvalue weighted by molar-refractivity contribution is 5.74. The summed E-state index contributed by atoms with van der Waals surface area (Å²) in [7, 11) is 0. The van der Waals surface area contributed by atoms with Crippen molar-refractivity contribution in [1.82, 2.24) is 15.5 Å². The molecular weight excluding hydrogens is 310 g/mol. The first-order chi connectivity index (χ1) is 11.6. The van der Waals surface area contributed by atoms with Crippen molar-refractivity contribution >= 4 is 6.03 Å². The van der Waals surface area contributed by atoms with Crippen LogP contribution in [0, 0.1) is 0 Å². The zero-order valence-electron chi connectivity index (χ0n) is 14.7. The van der Waals surface area contributed by atoms with Crippen LogP contribution in [0.25, 0.3) is 0 Å². The fraction of sp³-hybridized carbons (Fsp3) is 0.941. The number of nitrogens with one attached hydrogen (secondary N) is 2. The maximum Gasteiger partial charge on any atom is 0.315 e. The lowest BCUT2D eigenvalue weighted by Crippen LogP contribution is -2.66. The summed E-state index contributed by atoms with van der Waals surface area (Å²) < 4.78 is 11.6. The van der Waals surface area contributed by atoms with E-state index in [2.05, 4.69) is 29.4 Å². The minimum atomic E-state index is -0.701. The average Bonchev–Trinajstić information content (AvgIpc) is 3.02. The lowest BCUT2D eigenvalue weighted by Gasteiger charge is -2.43. The van der Waals surface area contributed by atoms with Crippen molar-refractivity contribution in [2.75, 3.05) is 19.7 Å². The quantitative estimate of drug-likeness (QED) is 0.689. The third-order valence-corrected chi connectivity index (χ3v) is 5.60. The van der Waals surface area contributed by atoms with Gasteiger partial charge in [-0.1, -0.05) is 33.1 Å². The van der Waals surface area contributed by atoms with E-state index in [1.54, 1.807) is 0 Å². The molecule has 2 heterocycles. The van der Waals surface area contributed by atoms with Gasteiger partial charge in [0.15, 0.2) is 6.29 Å². The molecule has 2 aliphatic heterocycles. The molecule has 3 rings (SSSR count). The molecule has 0 aromatic carbocycles. The van der Waals surface area contributed by atoms with Crippen molar-refractivity contribution in [2.45, 2.75) is 82.6 Å². The van der Waals surface area contributed by atoms with Gasteiger partial charge in [0, 0.05) is 6.04 Å². The first kappa shape index (κ1) is 17.9. The number of urea groups is 1. The Morgan fingerprint density at radius 2 is 1.88 bits per heavy atom. The van der Waals surface area contributed by atoms with Gasteiger partial charge < -0.3 is 25.2 Å². The van der Waals surface area contributed by atoms with E-state index in [9.17, 15) is 9.90 Å². The van der Waals surface area contributed by atoms with Crippen LogP contribution in [0.5, 0.6) is 0 Å². The summed E-state index contributed by atoms with van der Waals surface area (Å²) in [6, 6.07) is -0.665. The third-order valence-electron chi connectivity index (χ3n) is 5.60. The highest BCUT2D eigenvalue weighted by Crippen LogP contribution is 2.31. The smallest absolute Gasteiger partial charge is 0.315 e. The third kappa shape index (κ3) is 3.69. The minimum Gasteiger partial charge on any atom is -0.389 e. The van der Waals surface area contributed by atoms with Gasteiger partial charge in [-0.25, -0.2) is 4.79 Å². The number of amides is 2. The van der Waals surface area contributed by atoms with Crippen LogP contribution >= 0.6 is 0 Å². The highest BCUT2D eigenvalue weighted by atomic mass is 16.7. The number of likely N-dealkylation sites (N-methyl/N-ethyl adjacent to an activating group) is 1. The van der Waals surface area contributed by atoms with Crippen LogP contribution in [-0.2, 0) is 9.47 Å². The normalized spacial score (nSPS) is 36.8. The molecular formula is C17H31N3O4. The van der Waals surface area contributed by atoms with Gasteiger partial charge in [-0.05, 0) is 25.9 Å². The molecule has 0 unspecified atom stereocenters. The molecule has 0 radical (unpaired) electrons. The van der Waals surface area contributed by atoms with Crippen LogP contribution in [-0.4, -0.2) is 72.4 Å². The number of carbonyl (C=O) groups is 1. The molecule has 1 aliphatic carbocycles. The number of aliphatic hydroxyl groups excluding tert-OH is 1. The van der Waals surface area contributed by atoms with Crippen molar-refractivity contribution in [3.63, 3.8) is 0 Å². The minimum absolute atomic E-state index is 0.210. The maximum atomic E-state index is 12.4. The van der Waals surface area contributed by atoms with Crippen molar-refractivity contribution in [1.29, 1.82) is 0 Å². The van der Waals surface area contributed by atoms with Crippen LogP contribution in [0.1, 0.15) is 46.0 Å². The zero-order chi connectivity index (χ0) is 17.1. The molecule has 7 nitrogen and oxygen atoms in total. The summed E-state index contributed by atoms with van der Waals surface area (Å²) in [6.07, 6.45) is 4.26. The number of hydrogen-bond acceptors (Lipinski definition) is 5. The van der Waals surface area contributed by atoms with Gasteiger partial charge in [0.1, 0.15) is 6.10 Å². The van der Waals surface area contributed by atoms with Crippen molar-refractivity contribution < 1.29 is 19.4 Å². The number of carbonyl (C=O) groups excluding carboxylic acids is 1. The second kappa shape index (κ2) is 7.99. The predicted molar refractivity (Wildman–Crippen MR) is 89.7 cm³/mol. The molecule has 3 N–H and O–H groups in total. The second-order valence-electron chi connectivity index (χ2n) is 7.06. The van der Waals surface area contributed by atoms with Crippen molar-refractivity contribution in [2.24, 2.45) is 0 Å². The molecule has 3 aliphatic rings. The van der Waals surface area contributed by atoms with Crippen molar-refractivity contribution in [3.8, 4) is 0 Å². The monoisotopic (exact) mass is 341 g/mol. The Labute approximate surface area is 144 Å². The van der Waals surface area contributed by atoms with E-state index < -0.39 is 18.4 Å². The van der Waals surface area contributed by atoms with Gasteiger partial charge in [-0.15, -0.1) is 0 Å². The highest BCUT2D eigenvalue weighted by Gasteiger charge is 2.52. The molecule has 0 aromatic heterocycles. The SMILES string of the molecule is CCN(CC)[C@H]1[C@@H]2OC[C@@H](O2)[C@@H](NC(=O)NC2CCCCC2)[C@@H]1O. The van der Waals surface area contributed by atoms with Crippen LogP contribution in [0.15, 0.2) is 0 Å². The molecule has 0 aromatic rings. The van der Waals surface area contributed by atoms with Crippen LogP contribution in [0.2, 0.25) is 0 Å². The van der Waals surface area contributed by atoms with Gasteiger partial charge >= 0.3 is 6.03 Å². The summed E-state index contributed by atoms with van der Waals surface area (Å²) in [6.45, 7) is 6.11. The Balaban J connectivity index is 1.62. The Morgan fingerprint density at radius 3 is 2.54 bits per heavy atom. The summed E-state index contributed by atoms with van der Waals surface area (Å²) in [4.78, 5) is 14.5. The molecule has 24 heavy (non-hydrogen) atoms. The van der Waals surface area contributed by atoms with E-state index in [1.807, 2.05) is 0 Å². The molecule has 7 heteroatoms. The van der Waals surface area contributed by atoms with Crippen LogP contribution in [0.4, 0.5) is 4.79 Å². The molecule has 138 valence electrons. The first-order valence-corrected chi connectivity index (χ1v) is 9.40. The molecule has 2 bridgehead atoms. The Bertz CT molecular complexity index is 424. The second-order valence-corrected chi connectivity index (χ2v) is 7.06. The Morgan fingerprint density at radius 1 is 1.17 bits per heavy atom. The van der Waals surface area contributed by atoms with Crippen molar-refractivity contribution in [3.05, 3.63) is 0 Å². The average molecular weight is 341 g/mol. The maximum absolute atomic E-state index is 12.4.